The number of benzene rings is 2. The Hall–Kier alpha value is -2.82. The fourth-order valence-electron chi connectivity index (χ4n) is 6.01. The normalized spacial score (nSPS) is 23.4. The lowest BCUT2D eigenvalue weighted by Crippen LogP contribution is -2.39. The zero-order valence-corrected chi connectivity index (χ0v) is 18.4. The summed E-state index contributed by atoms with van der Waals surface area (Å²) in [5.74, 6) is 2.12. The Morgan fingerprint density at radius 2 is 1.65 bits per heavy atom. The number of nitrogens with zero attached hydrogens (tertiary/aromatic N) is 3. The summed E-state index contributed by atoms with van der Waals surface area (Å²) in [5.41, 5.74) is 5.41. The molecule has 5 nitrogen and oxygen atoms in total. The number of hydrogen-bond donors (Lipinski definition) is 0. The molecule has 2 saturated heterocycles. The molecule has 3 aromatic rings. The quantitative estimate of drug-likeness (QED) is 0.432. The molecule has 0 bridgehead atoms. The fourth-order valence-corrected chi connectivity index (χ4v) is 6.01. The van der Waals surface area contributed by atoms with Crippen LogP contribution in [-0.4, -0.2) is 37.1 Å². The number of piperidine rings is 2. The van der Waals surface area contributed by atoms with Crippen LogP contribution in [0.25, 0.3) is 22.2 Å². The van der Waals surface area contributed by atoms with Crippen molar-refractivity contribution in [1.29, 1.82) is 0 Å². The summed E-state index contributed by atoms with van der Waals surface area (Å²) >= 11 is 0. The summed E-state index contributed by atoms with van der Waals surface area (Å²) in [6, 6.07) is 10.0. The molecular weight excluding hydrogens is 386 g/mol. The van der Waals surface area contributed by atoms with Crippen LogP contribution in [-0.2, 0) is 0 Å². The summed E-state index contributed by atoms with van der Waals surface area (Å²) in [4.78, 5) is 18.6. The second-order valence-electron chi connectivity index (χ2n) is 9.80. The molecule has 160 valence electrons. The standard InChI is InChI=1S/C26H29N3O2/c1-16-12-17(2)15-29(14-16)21-13-20(28-10-6-3-7-11-28)22-23-24(21)27-31-26(23)19-9-5-4-8-18(19)25(22)30/h4-5,8-9,13,16-17H,3,6-7,10-12,14-15H2,1-2H3/t16-,17+. The first-order valence-electron chi connectivity index (χ1n) is 11.7. The van der Waals surface area contributed by atoms with Gasteiger partial charge in [0.1, 0.15) is 5.52 Å². The van der Waals surface area contributed by atoms with Gasteiger partial charge in [0.2, 0.25) is 0 Å². The van der Waals surface area contributed by atoms with Gasteiger partial charge in [-0.05, 0) is 43.6 Å². The number of carbonyl (C=O) groups is 1. The number of anilines is 2. The van der Waals surface area contributed by atoms with Crippen LogP contribution < -0.4 is 9.80 Å². The van der Waals surface area contributed by atoms with Gasteiger partial charge in [0.25, 0.3) is 0 Å². The van der Waals surface area contributed by atoms with Gasteiger partial charge in [0, 0.05) is 37.3 Å². The molecule has 0 N–H and O–H groups in total. The maximum atomic E-state index is 13.7. The third-order valence-electron chi connectivity index (χ3n) is 7.26. The number of ketones is 1. The van der Waals surface area contributed by atoms with E-state index < -0.39 is 0 Å². The van der Waals surface area contributed by atoms with E-state index in [0.717, 1.165) is 70.9 Å². The van der Waals surface area contributed by atoms with Gasteiger partial charge in [-0.1, -0.05) is 43.3 Å². The lowest BCUT2D eigenvalue weighted by molar-refractivity contribution is 0.104. The minimum absolute atomic E-state index is 0.101. The van der Waals surface area contributed by atoms with E-state index in [1.807, 2.05) is 24.3 Å². The summed E-state index contributed by atoms with van der Waals surface area (Å²) < 4.78 is 5.95. The van der Waals surface area contributed by atoms with Gasteiger partial charge in [-0.2, -0.15) is 0 Å². The minimum atomic E-state index is 0.101. The molecule has 1 aliphatic carbocycles. The van der Waals surface area contributed by atoms with Crippen LogP contribution in [0.3, 0.4) is 0 Å². The summed E-state index contributed by atoms with van der Waals surface area (Å²) in [7, 11) is 0. The van der Waals surface area contributed by atoms with Crippen LogP contribution in [0.4, 0.5) is 11.4 Å². The van der Waals surface area contributed by atoms with Crippen molar-refractivity contribution in [2.24, 2.45) is 11.8 Å². The molecule has 3 heterocycles. The third kappa shape index (κ3) is 2.89. The van der Waals surface area contributed by atoms with Crippen LogP contribution in [0.1, 0.15) is 55.5 Å². The number of carbonyl (C=O) groups excluding carboxylic acids is 1. The van der Waals surface area contributed by atoms with Gasteiger partial charge in [0.15, 0.2) is 11.5 Å². The average molecular weight is 416 g/mol. The molecule has 2 atom stereocenters. The Bertz CT molecular complexity index is 1160. The molecule has 5 heteroatoms. The molecule has 2 aliphatic heterocycles. The maximum Gasteiger partial charge on any atom is 0.196 e. The Morgan fingerprint density at radius 3 is 2.39 bits per heavy atom. The molecular formula is C26H29N3O2. The van der Waals surface area contributed by atoms with Crippen LogP contribution in [0, 0.1) is 11.8 Å². The topological polar surface area (TPSA) is 49.6 Å². The summed E-state index contributed by atoms with van der Waals surface area (Å²) in [5, 5.41) is 5.46. The van der Waals surface area contributed by atoms with E-state index in [2.05, 4.69) is 34.9 Å². The second-order valence-corrected chi connectivity index (χ2v) is 9.80. The van der Waals surface area contributed by atoms with Crippen molar-refractivity contribution in [3.63, 3.8) is 0 Å². The Morgan fingerprint density at radius 1 is 0.935 bits per heavy atom. The van der Waals surface area contributed by atoms with E-state index in [4.69, 9.17) is 4.52 Å². The van der Waals surface area contributed by atoms with Gasteiger partial charge in [0.05, 0.1) is 22.3 Å². The molecule has 0 spiro atoms. The van der Waals surface area contributed by atoms with Gasteiger partial charge >= 0.3 is 0 Å². The van der Waals surface area contributed by atoms with Gasteiger partial charge < -0.3 is 14.3 Å². The zero-order valence-electron chi connectivity index (χ0n) is 18.4. The Labute approximate surface area is 183 Å². The van der Waals surface area contributed by atoms with E-state index in [0.29, 0.717) is 11.8 Å². The van der Waals surface area contributed by atoms with Crippen molar-refractivity contribution in [2.45, 2.75) is 39.5 Å². The minimum Gasteiger partial charge on any atom is -0.371 e. The van der Waals surface area contributed by atoms with E-state index in [9.17, 15) is 4.79 Å². The first-order chi connectivity index (χ1) is 15.1. The highest BCUT2D eigenvalue weighted by Gasteiger charge is 2.36. The van der Waals surface area contributed by atoms with Gasteiger partial charge in [-0.15, -0.1) is 0 Å². The highest BCUT2D eigenvalue weighted by Crippen LogP contribution is 2.47. The van der Waals surface area contributed by atoms with Crippen molar-refractivity contribution >= 4 is 28.1 Å². The first-order valence-corrected chi connectivity index (χ1v) is 11.7. The molecule has 0 saturated carbocycles. The average Bonchev–Trinajstić information content (AvgIpc) is 3.22. The van der Waals surface area contributed by atoms with Crippen LogP contribution in [0.5, 0.6) is 0 Å². The fraction of sp³-hybridized carbons (Fsp3) is 0.462. The number of hydrogen-bond acceptors (Lipinski definition) is 5. The number of rotatable bonds is 2. The Balaban J connectivity index is 1.62. The molecule has 0 radical (unpaired) electrons. The van der Waals surface area contributed by atoms with E-state index in [1.54, 1.807) is 0 Å². The molecule has 0 unspecified atom stereocenters. The molecule has 2 fully saturated rings. The zero-order chi connectivity index (χ0) is 21.1. The van der Waals surface area contributed by atoms with E-state index >= 15 is 0 Å². The second kappa shape index (κ2) is 7.11. The van der Waals surface area contributed by atoms with Gasteiger partial charge in [-0.3, -0.25) is 4.79 Å². The lowest BCUT2D eigenvalue weighted by atomic mass is 9.85. The Kier molecular flexibility index (Phi) is 4.34. The SMILES string of the molecule is C[C@@H]1C[C@H](C)CN(c2cc(N3CCCCC3)c3c4c(onc24)-c2ccccc2C3=O)C1. The van der Waals surface area contributed by atoms with Crippen molar-refractivity contribution in [2.75, 3.05) is 36.0 Å². The molecule has 1 aromatic heterocycles. The number of aromatic nitrogens is 1. The number of fused-ring (bicyclic) bond motifs is 2. The largest absolute Gasteiger partial charge is 0.371 e. The molecule has 6 rings (SSSR count). The highest BCUT2D eigenvalue weighted by atomic mass is 16.5. The predicted molar refractivity (Wildman–Crippen MR) is 124 cm³/mol. The molecule has 3 aliphatic rings. The maximum absolute atomic E-state index is 13.7. The van der Waals surface area contributed by atoms with Crippen molar-refractivity contribution in [3.8, 4) is 11.3 Å². The molecule has 31 heavy (non-hydrogen) atoms. The monoisotopic (exact) mass is 415 g/mol. The van der Waals surface area contributed by atoms with Crippen LogP contribution in [0.15, 0.2) is 34.9 Å². The highest BCUT2D eigenvalue weighted by molar-refractivity contribution is 6.28. The lowest BCUT2D eigenvalue weighted by Gasteiger charge is -2.38. The van der Waals surface area contributed by atoms with Crippen LogP contribution >= 0.6 is 0 Å². The van der Waals surface area contributed by atoms with Crippen molar-refractivity contribution < 1.29 is 9.32 Å². The van der Waals surface area contributed by atoms with E-state index in [1.165, 1.54) is 25.7 Å². The predicted octanol–water partition coefficient (Wildman–Crippen LogP) is 5.51. The molecule has 0 amide bonds. The first kappa shape index (κ1) is 18.9. The summed E-state index contributed by atoms with van der Waals surface area (Å²) in [6.45, 7) is 8.70. The van der Waals surface area contributed by atoms with Crippen molar-refractivity contribution in [1.82, 2.24) is 5.16 Å². The van der Waals surface area contributed by atoms with Gasteiger partial charge in [-0.25, -0.2) is 0 Å². The van der Waals surface area contributed by atoms with Crippen molar-refractivity contribution in [3.05, 3.63) is 41.5 Å². The summed E-state index contributed by atoms with van der Waals surface area (Å²) in [6.07, 6.45) is 4.86. The smallest absolute Gasteiger partial charge is 0.196 e. The third-order valence-corrected chi connectivity index (χ3v) is 7.26. The van der Waals surface area contributed by atoms with Crippen LogP contribution in [0.2, 0.25) is 0 Å². The molecule has 2 aromatic carbocycles. The van der Waals surface area contributed by atoms with E-state index in [-0.39, 0.29) is 5.78 Å².